The first-order chi connectivity index (χ1) is 26.8. The van der Waals surface area contributed by atoms with Crippen molar-refractivity contribution in [2.24, 2.45) is 0 Å². The SMILES string of the molecule is COc1c(C)cc(C[C@@H](C(=O)N2C=Cc3c(O)c(C)c4c(c3[C@@H]2COCc2ccccc2)OCO4)N(C)C(=O)OC(C)(C)C)c(C=O)c1OCc1ccccc1. The van der Waals surface area contributed by atoms with E-state index in [4.69, 9.17) is 28.4 Å². The molecule has 294 valence electrons. The quantitative estimate of drug-likeness (QED) is 0.135. The molecule has 2 aliphatic rings. The van der Waals surface area contributed by atoms with Crippen LogP contribution in [0.25, 0.3) is 6.08 Å². The van der Waals surface area contributed by atoms with Crippen LogP contribution in [0, 0.1) is 13.8 Å². The first kappa shape index (κ1) is 39.7. The topological polar surface area (TPSA) is 133 Å². The lowest BCUT2D eigenvalue weighted by Crippen LogP contribution is -2.52. The number of carbonyl (C=O) groups excluding carboxylic acids is 3. The summed E-state index contributed by atoms with van der Waals surface area (Å²) < 4.78 is 35.7. The molecule has 0 unspecified atom stereocenters. The number of nitrogens with zero attached hydrogens (tertiary/aromatic N) is 2. The van der Waals surface area contributed by atoms with E-state index in [1.54, 1.807) is 46.0 Å². The normalized spacial score (nSPS) is 14.8. The number of hydrogen-bond donors (Lipinski definition) is 1. The average molecular weight is 765 g/mol. The number of fused-ring (bicyclic) bond motifs is 3. The Hall–Kier alpha value is -6.01. The van der Waals surface area contributed by atoms with Gasteiger partial charge >= 0.3 is 6.09 Å². The fourth-order valence-electron chi connectivity index (χ4n) is 6.98. The highest BCUT2D eigenvalue weighted by Crippen LogP contribution is 2.51. The average Bonchev–Trinajstić information content (AvgIpc) is 3.68. The molecule has 0 spiro atoms. The molecule has 0 radical (unpaired) electrons. The van der Waals surface area contributed by atoms with Crippen molar-refractivity contribution >= 4 is 24.4 Å². The fraction of sp³-hybridized carbons (Fsp3) is 0.341. The van der Waals surface area contributed by atoms with E-state index in [0.717, 1.165) is 11.1 Å². The van der Waals surface area contributed by atoms with Gasteiger partial charge in [-0.2, -0.15) is 0 Å². The van der Waals surface area contributed by atoms with E-state index in [0.29, 0.717) is 51.4 Å². The largest absolute Gasteiger partial charge is 0.507 e. The molecule has 12 nitrogen and oxygen atoms in total. The number of phenolic OH excluding ortho intramolecular Hbond substituents is 1. The van der Waals surface area contributed by atoms with Gasteiger partial charge in [-0.15, -0.1) is 0 Å². The van der Waals surface area contributed by atoms with Crippen molar-refractivity contribution in [3.8, 4) is 28.7 Å². The van der Waals surface area contributed by atoms with Crippen LogP contribution in [-0.2, 0) is 33.9 Å². The van der Waals surface area contributed by atoms with E-state index >= 15 is 4.79 Å². The van der Waals surface area contributed by atoms with Crippen LogP contribution >= 0.6 is 0 Å². The number of carbonyl (C=O) groups is 3. The Morgan fingerprint density at radius 1 is 0.982 bits per heavy atom. The molecule has 0 saturated carbocycles. The molecule has 56 heavy (non-hydrogen) atoms. The fourth-order valence-corrected chi connectivity index (χ4v) is 6.98. The van der Waals surface area contributed by atoms with E-state index in [9.17, 15) is 14.7 Å². The Morgan fingerprint density at radius 2 is 1.62 bits per heavy atom. The Bertz CT molecular complexity index is 2110. The Kier molecular flexibility index (Phi) is 11.9. The van der Waals surface area contributed by atoms with Crippen LogP contribution in [-0.4, -0.2) is 72.4 Å². The predicted octanol–water partition coefficient (Wildman–Crippen LogP) is 7.69. The lowest BCUT2D eigenvalue weighted by atomic mass is 9.90. The summed E-state index contributed by atoms with van der Waals surface area (Å²) in [6, 6.07) is 18.9. The van der Waals surface area contributed by atoms with Gasteiger partial charge in [-0.1, -0.05) is 66.7 Å². The van der Waals surface area contributed by atoms with Crippen LogP contribution in [0.4, 0.5) is 4.79 Å². The van der Waals surface area contributed by atoms with Crippen molar-refractivity contribution in [2.75, 3.05) is 27.6 Å². The number of aldehydes is 1. The second-order valence-electron chi connectivity index (χ2n) is 14.8. The number of amides is 2. The van der Waals surface area contributed by atoms with Crippen molar-refractivity contribution in [2.45, 2.75) is 71.9 Å². The zero-order chi connectivity index (χ0) is 40.1. The van der Waals surface area contributed by atoms with Crippen LogP contribution in [0.1, 0.15) is 76.1 Å². The van der Waals surface area contributed by atoms with Gasteiger partial charge in [-0.25, -0.2) is 4.79 Å². The Balaban J connectivity index is 1.43. The van der Waals surface area contributed by atoms with E-state index in [2.05, 4.69) is 0 Å². The smallest absolute Gasteiger partial charge is 0.410 e. The highest BCUT2D eigenvalue weighted by molar-refractivity contribution is 5.91. The number of aromatic hydroxyl groups is 1. The summed E-state index contributed by atoms with van der Waals surface area (Å²) in [4.78, 5) is 44.7. The van der Waals surface area contributed by atoms with Crippen LogP contribution in [0.2, 0.25) is 0 Å². The van der Waals surface area contributed by atoms with Crippen LogP contribution < -0.4 is 18.9 Å². The molecule has 2 heterocycles. The molecule has 1 N–H and O–H groups in total. The Labute approximate surface area is 327 Å². The lowest BCUT2D eigenvalue weighted by molar-refractivity contribution is -0.137. The van der Waals surface area contributed by atoms with Crippen molar-refractivity contribution in [1.29, 1.82) is 0 Å². The molecule has 2 atom stereocenters. The number of aryl methyl sites for hydroxylation is 1. The van der Waals surface area contributed by atoms with Gasteiger partial charge in [0.1, 0.15) is 24.0 Å². The standard InChI is InChI=1S/C44H48N2O10/c1-27-20-31(33(22-47)40(38(27)51-7)53-24-30-16-12-9-13-17-30)21-34(45(6)43(50)56-44(3,4)5)42(49)46-19-18-32-36(41-39(54-26-55-41)28(2)37(32)48)35(46)25-52-23-29-14-10-8-11-15-29/h8-20,22,34-35,48H,21,23-26H2,1-7H3/t34-,35-/m0/s1. The van der Waals surface area contributed by atoms with E-state index in [1.165, 1.54) is 24.0 Å². The van der Waals surface area contributed by atoms with Crippen molar-refractivity contribution in [3.63, 3.8) is 0 Å². The van der Waals surface area contributed by atoms with Gasteiger partial charge in [0, 0.05) is 36.4 Å². The molecule has 2 aliphatic heterocycles. The molecular formula is C44H48N2O10. The summed E-state index contributed by atoms with van der Waals surface area (Å²) in [6.45, 7) is 9.12. The molecule has 0 aliphatic carbocycles. The van der Waals surface area contributed by atoms with Gasteiger partial charge in [0.05, 0.1) is 31.9 Å². The molecular weight excluding hydrogens is 716 g/mol. The van der Waals surface area contributed by atoms with E-state index in [-0.39, 0.29) is 50.1 Å². The maximum atomic E-state index is 15.2. The number of phenols is 1. The lowest BCUT2D eigenvalue weighted by Gasteiger charge is -2.38. The minimum absolute atomic E-state index is 0.00213. The van der Waals surface area contributed by atoms with Crippen molar-refractivity contribution in [3.05, 3.63) is 117 Å². The summed E-state index contributed by atoms with van der Waals surface area (Å²) >= 11 is 0. The zero-order valence-electron chi connectivity index (χ0n) is 32.8. The minimum atomic E-state index is -1.20. The third-order valence-corrected chi connectivity index (χ3v) is 9.75. The van der Waals surface area contributed by atoms with Crippen LogP contribution in [0.5, 0.6) is 28.7 Å². The third kappa shape index (κ3) is 8.30. The first-order valence-corrected chi connectivity index (χ1v) is 18.4. The number of likely N-dealkylation sites (N-methyl/N-ethyl adjacent to an activating group) is 1. The summed E-state index contributed by atoms with van der Waals surface area (Å²) in [5.41, 5.74) is 3.74. The summed E-state index contributed by atoms with van der Waals surface area (Å²) in [6.07, 6.45) is 3.06. The predicted molar refractivity (Wildman–Crippen MR) is 209 cm³/mol. The summed E-state index contributed by atoms with van der Waals surface area (Å²) in [5.74, 6) is 0.884. The molecule has 4 aromatic rings. The first-order valence-electron chi connectivity index (χ1n) is 18.4. The van der Waals surface area contributed by atoms with Gasteiger partial charge < -0.3 is 38.4 Å². The number of hydrogen-bond acceptors (Lipinski definition) is 10. The van der Waals surface area contributed by atoms with Crippen molar-refractivity contribution < 1.29 is 47.9 Å². The van der Waals surface area contributed by atoms with E-state index < -0.39 is 29.7 Å². The number of ether oxygens (including phenoxy) is 6. The molecule has 0 aromatic heterocycles. The van der Waals surface area contributed by atoms with Gasteiger partial charge in [-0.3, -0.25) is 14.5 Å². The summed E-state index contributed by atoms with van der Waals surface area (Å²) in [5, 5.41) is 11.3. The highest BCUT2D eigenvalue weighted by Gasteiger charge is 2.42. The second-order valence-corrected chi connectivity index (χ2v) is 14.8. The number of methoxy groups -OCH3 is 1. The Morgan fingerprint density at radius 3 is 2.25 bits per heavy atom. The van der Waals surface area contributed by atoms with Gasteiger partial charge in [0.2, 0.25) is 12.7 Å². The van der Waals surface area contributed by atoms with Gasteiger partial charge in [0.15, 0.2) is 29.3 Å². The molecule has 0 bridgehead atoms. The van der Waals surface area contributed by atoms with Gasteiger partial charge in [0.25, 0.3) is 0 Å². The van der Waals surface area contributed by atoms with Crippen LogP contribution in [0.15, 0.2) is 72.9 Å². The molecule has 0 fully saturated rings. The maximum Gasteiger partial charge on any atom is 0.410 e. The third-order valence-electron chi connectivity index (χ3n) is 9.75. The summed E-state index contributed by atoms with van der Waals surface area (Å²) in [7, 11) is 2.99. The molecule has 12 heteroatoms. The molecule has 6 rings (SSSR count). The van der Waals surface area contributed by atoms with E-state index in [1.807, 2.05) is 67.6 Å². The molecule has 0 saturated heterocycles. The number of rotatable bonds is 13. The van der Waals surface area contributed by atoms with Crippen molar-refractivity contribution in [1.82, 2.24) is 9.80 Å². The maximum absolute atomic E-state index is 15.2. The number of benzene rings is 4. The molecule has 2 amide bonds. The monoisotopic (exact) mass is 764 g/mol. The highest BCUT2D eigenvalue weighted by atomic mass is 16.7. The van der Waals surface area contributed by atoms with Gasteiger partial charge in [-0.05, 0) is 62.9 Å². The minimum Gasteiger partial charge on any atom is -0.507 e. The zero-order valence-corrected chi connectivity index (χ0v) is 32.8. The second kappa shape index (κ2) is 16.8. The molecule has 4 aromatic carbocycles. The van der Waals surface area contributed by atoms with Crippen LogP contribution in [0.3, 0.4) is 0 Å².